The summed E-state index contributed by atoms with van der Waals surface area (Å²) in [6.07, 6.45) is 0. The fourth-order valence-electron chi connectivity index (χ4n) is 2.86. The van der Waals surface area contributed by atoms with Crippen LogP contribution in [0.1, 0.15) is 55.4 Å². The van der Waals surface area contributed by atoms with Gasteiger partial charge >= 0.3 is 0 Å². The van der Waals surface area contributed by atoms with E-state index in [4.69, 9.17) is 0 Å². The van der Waals surface area contributed by atoms with Crippen LogP contribution in [0.25, 0.3) is 0 Å². The summed E-state index contributed by atoms with van der Waals surface area (Å²) in [6, 6.07) is 1.45. The number of nitrogens with zero attached hydrogens (tertiary/aromatic N) is 2. The fraction of sp³-hybridized carbons (Fsp3) is 0.800. The van der Waals surface area contributed by atoms with E-state index in [1.54, 1.807) is 0 Å². The highest BCUT2D eigenvalue weighted by atomic mass is 16.1. The van der Waals surface area contributed by atoms with Gasteiger partial charge in [-0.25, -0.2) is 0 Å². The van der Waals surface area contributed by atoms with Gasteiger partial charge in [-0.2, -0.15) is 0 Å². The monoisotopic (exact) mass is 252 g/mol. The predicted molar refractivity (Wildman–Crippen MR) is 80.6 cm³/mol. The van der Waals surface area contributed by atoms with Crippen LogP contribution in [0.3, 0.4) is 0 Å². The Morgan fingerprint density at radius 2 is 0.833 bits per heavy atom. The summed E-state index contributed by atoms with van der Waals surface area (Å²) in [5, 5.41) is 0. The molecule has 0 amide bonds. The first-order chi connectivity index (χ1) is 8.20. The van der Waals surface area contributed by atoms with Crippen molar-refractivity contribution in [1.29, 1.82) is 0 Å². The molecule has 0 aliphatic heterocycles. The van der Waals surface area contributed by atoms with Gasteiger partial charge in [0.25, 0.3) is 0 Å². The van der Waals surface area contributed by atoms with E-state index in [2.05, 4.69) is 65.2 Å². The molecule has 1 aromatic carbocycles. The van der Waals surface area contributed by atoms with Crippen molar-refractivity contribution in [3.8, 4) is 0 Å². The molecule has 0 aromatic heterocycles. The lowest BCUT2D eigenvalue weighted by molar-refractivity contribution is 0.598. The molecule has 0 heterocycles. The fourth-order valence-corrected chi connectivity index (χ4v) is 2.86. The number of hydrogen-bond donors (Lipinski definition) is 0. The van der Waals surface area contributed by atoms with Gasteiger partial charge in [-0.15, -0.1) is 0 Å². The first-order valence-corrected chi connectivity index (χ1v) is 7.05. The van der Waals surface area contributed by atoms with E-state index in [-0.39, 0.29) is 5.43 Å². The van der Waals surface area contributed by atoms with Gasteiger partial charge in [0.1, 0.15) is 11.4 Å². The van der Waals surface area contributed by atoms with Gasteiger partial charge in [-0.3, -0.25) is 4.79 Å². The third kappa shape index (κ3) is 2.70. The lowest BCUT2D eigenvalue weighted by Gasteiger charge is -2.33. The second-order valence-electron chi connectivity index (χ2n) is 6.22. The average molecular weight is 252 g/mol. The molecule has 1 rings (SSSR count). The second kappa shape index (κ2) is 5.33. The van der Waals surface area contributed by atoms with E-state index in [0.717, 1.165) is 11.4 Å². The largest absolute Gasteiger partial charge is 0.362 e. The van der Waals surface area contributed by atoms with Gasteiger partial charge in [0, 0.05) is 24.2 Å². The van der Waals surface area contributed by atoms with Crippen LogP contribution in [0.2, 0.25) is 0 Å². The second-order valence-corrected chi connectivity index (χ2v) is 6.22. The molecule has 0 unspecified atom stereocenters. The zero-order chi connectivity index (χ0) is 14.2. The molecule has 0 atom stereocenters. The maximum absolute atomic E-state index is 12.2. The molecular weight excluding hydrogens is 224 g/mol. The van der Waals surface area contributed by atoms with Crippen LogP contribution in [0.5, 0.6) is 0 Å². The van der Waals surface area contributed by atoms with Crippen molar-refractivity contribution in [3.63, 3.8) is 0 Å². The van der Waals surface area contributed by atoms with E-state index in [1.807, 2.05) is 0 Å². The molecule has 104 valence electrons. The normalized spacial score (nSPS) is 12.4. The molecule has 0 radical (unpaired) electrons. The maximum atomic E-state index is 12.2. The molecule has 0 saturated carbocycles. The Kier molecular flexibility index (Phi) is 4.46. The summed E-state index contributed by atoms with van der Waals surface area (Å²) >= 11 is 0. The molecule has 0 aliphatic carbocycles. The molecule has 0 saturated heterocycles. The number of hydrogen-bond acceptors (Lipinski definition) is 3. The zero-order valence-electron chi connectivity index (χ0n) is 13.1. The van der Waals surface area contributed by atoms with Gasteiger partial charge in [-0.05, 0) is 55.4 Å². The minimum atomic E-state index is 0.236. The highest BCUT2D eigenvalue weighted by molar-refractivity contribution is 5.86. The van der Waals surface area contributed by atoms with Gasteiger partial charge in [0.2, 0.25) is 5.43 Å². The first kappa shape index (κ1) is 15.1. The Morgan fingerprint density at radius 1 is 0.611 bits per heavy atom. The average Bonchev–Trinajstić information content (AvgIpc) is 2.76. The van der Waals surface area contributed by atoms with E-state index in [9.17, 15) is 4.79 Å². The molecule has 0 aliphatic rings. The van der Waals surface area contributed by atoms with E-state index >= 15 is 0 Å². The van der Waals surface area contributed by atoms with Crippen LogP contribution in [0.4, 0.5) is 11.4 Å². The van der Waals surface area contributed by atoms with Crippen molar-refractivity contribution in [1.82, 2.24) is 0 Å². The highest BCUT2D eigenvalue weighted by Gasteiger charge is 2.36. The third-order valence-electron chi connectivity index (χ3n) is 3.33. The molecule has 0 N–H and O–H groups in total. The SMILES string of the molecule is CC(C)N(c1c(N(C(C)C)C(C)C)c1=O)C(C)C. The van der Waals surface area contributed by atoms with Crippen molar-refractivity contribution >= 4 is 11.4 Å². The van der Waals surface area contributed by atoms with Crippen LogP contribution < -0.4 is 15.2 Å². The molecule has 3 nitrogen and oxygen atoms in total. The van der Waals surface area contributed by atoms with Crippen LogP contribution in [-0.2, 0) is 0 Å². The minimum Gasteiger partial charge on any atom is -0.362 e. The maximum Gasteiger partial charge on any atom is 0.229 e. The van der Waals surface area contributed by atoms with Crippen LogP contribution in [0.15, 0.2) is 4.79 Å². The van der Waals surface area contributed by atoms with Crippen molar-refractivity contribution in [2.45, 2.75) is 79.6 Å². The Balaban J connectivity index is 3.06. The molecule has 0 spiro atoms. The molecule has 0 bridgehead atoms. The minimum absolute atomic E-state index is 0.236. The lowest BCUT2D eigenvalue weighted by atomic mass is 10.2. The molecule has 3 heteroatoms. The summed E-state index contributed by atoms with van der Waals surface area (Å²) < 4.78 is 0. The standard InChI is InChI=1S/C15H28N2O/c1-9(2)16(10(3)4)13-14(15(13)18)17(11(5)6)12(7)8/h9-12H,1-8H3. The smallest absolute Gasteiger partial charge is 0.229 e. The molecule has 0 fully saturated rings. The summed E-state index contributed by atoms with van der Waals surface area (Å²) in [4.78, 5) is 16.6. The summed E-state index contributed by atoms with van der Waals surface area (Å²) in [7, 11) is 0. The molecule has 18 heavy (non-hydrogen) atoms. The van der Waals surface area contributed by atoms with Crippen molar-refractivity contribution in [3.05, 3.63) is 10.2 Å². The van der Waals surface area contributed by atoms with Crippen molar-refractivity contribution in [2.24, 2.45) is 0 Å². The Bertz CT molecular complexity index is 346. The van der Waals surface area contributed by atoms with Gasteiger partial charge in [0.15, 0.2) is 0 Å². The Hall–Kier alpha value is -0.990. The summed E-state index contributed by atoms with van der Waals surface area (Å²) in [5.41, 5.74) is 2.10. The van der Waals surface area contributed by atoms with E-state index in [1.165, 1.54) is 0 Å². The number of rotatable bonds is 6. The lowest BCUT2D eigenvalue weighted by Crippen LogP contribution is -2.38. The Morgan fingerprint density at radius 3 is 1.00 bits per heavy atom. The van der Waals surface area contributed by atoms with E-state index < -0.39 is 0 Å². The van der Waals surface area contributed by atoms with Crippen LogP contribution in [-0.4, -0.2) is 24.2 Å². The molecular formula is C15H28N2O. The first-order valence-electron chi connectivity index (χ1n) is 7.05. The summed E-state index contributed by atoms with van der Waals surface area (Å²) in [5.74, 6) is 0. The van der Waals surface area contributed by atoms with Gasteiger partial charge in [-0.1, -0.05) is 0 Å². The zero-order valence-corrected chi connectivity index (χ0v) is 13.1. The Labute approximate surface area is 111 Å². The van der Waals surface area contributed by atoms with Crippen LogP contribution in [0, 0.1) is 0 Å². The van der Waals surface area contributed by atoms with Crippen molar-refractivity contribution < 1.29 is 0 Å². The topological polar surface area (TPSA) is 23.6 Å². The van der Waals surface area contributed by atoms with Crippen LogP contribution >= 0.6 is 0 Å². The van der Waals surface area contributed by atoms with E-state index in [0.29, 0.717) is 24.2 Å². The summed E-state index contributed by atoms with van der Waals surface area (Å²) in [6.45, 7) is 17.2. The van der Waals surface area contributed by atoms with Gasteiger partial charge in [0.05, 0.1) is 0 Å². The van der Waals surface area contributed by atoms with Gasteiger partial charge < -0.3 is 9.80 Å². The van der Waals surface area contributed by atoms with Crippen molar-refractivity contribution in [2.75, 3.05) is 9.80 Å². The quantitative estimate of drug-likeness (QED) is 0.777. The highest BCUT2D eigenvalue weighted by Crippen LogP contribution is 2.37. The molecule has 1 aromatic rings. The number of anilines is 2. The predicted octanol–water partition coefficient (Wildman–Crippen LogP) is 3.17. The third-order valence-corrected chi connectivity index (χ3v) is 3.33.